The van der Waals surface area contributed by atoms with Crippen molar-refractivity contribution >= 4 is 27.5 Å². The summed E-state index contributed by atoms with van der Waals surface area (Å²) in [7, 11) is -3.84. The molecular formula is C26H37N3O5S. The fourth-order valence-electron chi connectivity index (χ4n) is 3.56. The highest BCUT2D eigenvalue weighted by atomic mass is 32.2. The van der Waals surface area contributed by atoms with Gasteiger partial charge in [-0.2, -0.15) is 0 Å². The molecule has 0 bridgehead atoms. The van der Waals surface area contributed by atoms with Gasteiger partial charge in [0.15, 0.2) is 0 Å². The standard InChI is InChI=1S/C26H37N3O5S/c1-8-34-23-16-12-11-15-22(23)29(35(7,32)33)18-24(30)28(17-21-14-10-9-13-19(21)2)20(3)25(31)27-26(4,5)6/h9-16,20H,8,17-18H2,1-7H3,(H,27,31)/t20-/m0/s1. The molecule has 1 atom stereocenters. The van der Waals surface area contributed by atoms with Crippen LogP contribution in [0.4, 0.5) is 5.69 Å². The Morgan fingerprint density at radius 2 is 1.66 bits per heavy atom. The van der Waals surface area contributed by atoms with Crippen LogP contribution in [0.15, 0.2) is 48.5 Å². The van der Waals surface area contributed by atoms with Crippen molar-refractivity contribution in [3.63, 3.8) is 0 Å². The van der Waals surface area contributed by atoms with Crippen LogP contribution in [-0.2, 0) is 26.2 Å². The first-order valence-electron chi connectivity index (χ1n) is 11.6. The van der Waals surface area contributed by atoms with Crippen LogP contribution in [0, 0.1) is 6.92 Å². The molecular weight excluding hydrogens is 466 g/mol. The molecule has 0 saturated carbocycles. The number of rotatable bonds is 10. The first kappa shape index (κ1) is 28.2. The Labute approximate surface area is 209 Å². The van der Waals surface area contributed by atoms with Gasteiger partial charge in [0.2, 0.25) is 21.8 Å². The van der Waals surface area contributed by atoms with Crippen LogP contribution in [0.3, 0.4) is 0 Å². The predicted octanol–water partition coefficient (Wildman–Crippen LogP) is 3.49. The summed E-state index contributed by atoms with van der Waals surface area (Å²) in [4.78, 5) is 28.1. The minimum atomic E-state index is -3.84. The molecule has 1 N–H and O–H groups in total. The van der Waals surface area contributed by atoms with Gasteiger partial charge in [0.25, 0.3) is 0 Å². The largest absolute Gasteiger partial charge is 0.492 e. The topological polar surface area (TPSA) is 96.0 Å². The third-order valence-corrected chi connectivity index (χ3v) is 6.51. The summed E-state index contributed by atoms with van der Waals surface area (Å²) in [6.07, 6.45) is 1.05. The number of anilines is 1. The molecule has 2 aromatic carbocycles. The molecule has 0 aliphatic carbocycles. The number of sulfonamides is 1. The lowest BCUT2D eigenvalue weighted by atomic mass is 10.1. The van der Waals surface area contributed by atoms with Gasteiger partial charge >= 0.3 is 0 Å². The average molecular weight is 504 g/mol. The fraction of sp³-hybridized carbons (Fsp3) is 0.462. The molecule has 2 aromatic rings. The van der Waals surface area contributed by atoms with Gasteiger partial charge in [-0.1, -0.05) is 36.4 Å². The van der Waals surface area contributed by atoms with Crippen molar-refractivity contribution in [1.29, 1.82) is 0 Å². The van der Waals surface area contributed by atoms with Crippen molar-refractivity contribution in [3.05, 3.63) is 59.7 Å². The van der Waals surface area contributed by atoms with Crippen molar-refractivity contribution in [2.75, 3.05) is 23.7 Å². The molecule has 35 heavy (non-hydrogen) atoms. The molecule has 0 unspecified atom stereocenters. The molecule has 8 nitrogen and oxygen atoms in total. The van der Waals surface area contributed by atoms with Crippen molar-refractivity contribution in [2.45, 2.75) is 59.7 Å². The van der Waals surface area contributed by atoms with E-state index in [0.29, 0.717) is 12.4 Å². The van der Waals surface area contributed by atoms with E-state index in [1.165, 1.54) is 4.90 Å². The number of nitrogens with one attached hydrogen (secondary N) is 1. The van der Waals surface area contributed by atoms with E-state index in [-0.39, 0.29) is 18.1 Å². The first-order valence-corrected chi connectivity index (χ1v) is 13.4. The summed E-state index contributed by atoms with van der Waals surface area (Å²) in [5, 5.41) is 2.91. The van der Waals surface area contributed by atoms with Crippen molar-refractivity contribution in [1.82, 2.24) is 10.2 Å². The van der Waals surface area contributed by atoms with Gasteiger partial charge < -0.3 is 15.0 Å². The predicted molar refractivity (Wildman–Crippen MR) is 139 cm³/mol. The fourth-order valence-corrected chi connectivity index (χ4v) is 4.42. The summed E-state index contributed by atoms with van der Waals surface area (Å²) >= 11 is 0. The number of benzene rings is 2. The van der Waals surface area contributed by atoms with E-state index in [0.717, 1.165) is 21.7 Å². The Morgan fingerprint density at radius 1 is 1.06 bits per heavy atom. The summed E-state index contributed by atoms with van der Waals surface area (Å²) in [5.74, 6) is -0.459. The SMILES string of the molecule is CCOc1ccccc1N(CC(=O)N(Cc1ccccc1C)[C@@H](C)C(=O)NC(C)(C)C)S(C)(=O)=O. The quantitative estimate of drug-likeness (QED) is 0.535. The van der Waals surface area contributed by atoms with Gasteiger partial charge in [0.1, 0.15) is 18.3 Å². The second-order valence-electron chi connectivity index (χ2n) is 9.53. The molecule has 2 amide bonds. The van der Waals surface area contributed by atoms with Crippen LogP contribution in [0.5, 0.6) is 5.75 Å². The smallest absolute Gasteiger partial charge is 0.244 e. The van der Waals surface area contributed by atoms with E-state index in [1.54, 1.807) is 38.1 Å². The minimum absolute atomic E-state index is 0.162. The highest BCUT2D eigenvalue weighted by molar-refractivity contribution is 7.92. The van der Waals surface area contributed by atoms with Crippen molar-refractivity contribution in [2.24, 2.45) is 0 Å². The minimum Gasteiger partial charge on any atom is -0.492 e. The Hall–Kier alpha value is -3.07. The maximum atomic E-state index is 13.7. The normalized spacial score (nSPS) is 12.5. The Balaban J connectivity index is 2.47. The van der Waals surface area contributed by atoms with Crippen LogP contribution < -0.4 is 14.4 Å². The van der Waals surface area contributed by atoms with Gasteiger partial charge in [-0.15, -0.1) is 0 Å². The Bertz CT molecular complexity index is 1140. The monoisotopic (exact) mass is 503 g/mol. The lowest BCUT2D eigenvalue weighted by molar-refractivity contribution is -0.140. The zero-order valence-electron chi connectivity index (χ0n) is 21.7. The molecule has 0 aromatic heterocycles. The summed E-state index contributed by atoms with van der Waals surface area (Å²) in [6, 6.07) is 13.4. The van der Waals surface area contributed by atoms with Crippen LogP contribution >= 0.6 is 0 Å². The van der Waals surface area contributed by atoms with Crippen LogP contribution in [0.2, 0.25) is 0 Å². The van der Waals surface area contributed by atoms with Gasteiger partial charge in [-0.25, -0.2) is 8.42 Å². The third kappa shape index (κ3) is 7.99. The molecule has 0 fully saturated rings. The van der Waals surface area contributed by atoms with E-state index in [1.807, 2.05) is 52.0 Å². The molecule has 0 saturated heterocycles. The zero-order chi connectivity index (χ0) is 26.4. The highest BCUT2D eigenvalue weighted by Gasteiger charge is 2.32. The van der Waals surface area contributed by atoms with Gasteiger partial charge in [-0.05, 0) is 64.8 Å². The molecule has 0 radical (unpaired) electrons. The lowest BCUT2D eigenvalue weighted by Crippen LogP contribution is -2.54. The molecule has 2 rings (SSSR count). The van der Waals surface area contributed by atoms with Crippen molar-refractivity contribution < 1.29 is 22.7 Å². The molecule has 0 aliphatic heterocycles. The number of carbonyl (C=O) groups excluding carboxylic acids is 2. The number of ether oxygens (including phenoxy) is 1. The molecule has 192 valence electrons. The van der Waals surface area contributed by atoms with Crippen LogP contribution in [0.1, 0.15) is 45.7 Å². The lowest BCUT2D eigenvalue weighted by Gasteiger charge is -2.33. The zero-order valence-corrected chi connectivity index (χ0v) is 22.5. The first-order chi connectivity index (χ1) is 16.2. The number of hydrogen-bond acceptors (Lipinski definition) is 5. The van der Waals surface area contributed by atoms with Gasteiger partial charge in [0, 0.05) is 12.1 Å². The van der Waals surface area contributed by atoms with E-state index in [2.05, 4.69) is 5.32 Å². The summed E-state index contributed by atoms with van der Waals surface area (Å²) in [5.41, 5.74) is 1.62. The van der Waals surface area contributed by atoms with E-state index >= 15 is 0 Å². The Morgan fingerprint density at radius 3 is 2.23 bits per heavy atom. The van der Waals surface area contributed by atoms with Crippen LogP contribution in [0.25, 0.3) is 0 Å². The molecule has 9 heteroatoms. The summed E-state index contributed by atoms with van der Waals surface area (Å²) in [6.45, 7) is 11.0. The Kier molecular flexibility index (Phi) is 9.31. The number of aryl methyl sites for hydroxylation is 1. The molecule has 0 spiro atoms. The van der Waals surface area contributed by atoms with Gasteiger partial charge in [-0.3, -0.25) is 13.9 Å². The molecule has 0 heterocycles. The van der Waals surface area contributed by atoms with E-state index < -0.39 is 34.1 Å². The maximum absolute atomic E-state index is 13.7. The van der Waals surface area contributed by atoms with Gasteiger partial charge in [0.05, 0.1) is 18.6 Å². The molecule has 0 aliphatic rings. The summed E-state index contributed by atoms with van der Waals surface area (Å²) < 4.78 is 32.2. The average Bonchev–Trinajstić information content (AvgIpc) is 2.75. The third-order valence-electron chi connectivity index (χ3n) is 5.38. The second-order valence-corrected chi connectivity index (χ2v) is 11.4. The number of hydrogen-bond donors (Lipinski definition) is 1. The van der Waals surface area contributed by atoms with Crippen LogP contribution in [-0.4, -0.2) is 56.1 Å². The number of amides is 2. The van der Waals surface area contributed by atoms with E-state index in [4.69, 9.17) is 4.74 Å². The van der Waals surface area contributed by atoms with Crippen molar-refractivity contribution in [3.8, 4) is 5.75 Å². The number of para-hydroxylation sites is 2. The second kappa shape index (κ2) is 11.6. The number of carbonyl (C=O) groups is 2. The number of nitrogens with zero attached hydrogens (tertiary/aromatic N) is 2. The highest BCUT2D eigenvalue weighted by Crippen LogP contribution is 2.30. The maximum Gasteiger partial charge on any atom is 0.244 e. The van der Waals surface area contributed by atoms with E-state index in [9.17, 15) is 18.0 Å².